The van der Waals surface area contributed by atoms with Crippen LogP contribution in [0.4, 0.5) is 0 Å². The molecular formula is C20H31NO2S. The lowest BCUT2D eigenvalue weighted by Crippen LogP contribution is -2.31. The number of benzene rings is 1. The molecule has 0 aliphatic carbocycles. The summed E-state index contributed by atoms with van der Waals surface area (Å²) in [7, 11) is 0. The molecule has 24 heavy (non-hydrogen) atoms. The highest BCUT2D eigenvalue weighted by Gasteiger charge is 2.08. The van der Waals surface area contributed by atoms with Crippen LogP contribution < -0.4 is 5.32 Å². The first-order chi connectivity index (χ1) is 11.7. The van der Waals surface area contributed by atoms with Crippen molar-refractivity contribution in [3.63, 3.8) is 0 Å². The summed E-state index contributed by atoms with van der Waals surface area (Å²) < 4.78 is 5.38. The molecular weight excluding hydrogens is 318 g/mol. The van der Waals surface area contributed by atoms with E-state index < -0.39 is 0 Å². The zero-order valence-corrected chi connectivity index (χ0v) is 15.9. The highest BCUT2D eigenvalue weighted by Crippen LogP contribution is 2.10. The minimum absolute atomic E-state index is 0.167. The van der Waals surface area contributed by atoms with Gasteiger partial charge in [0, 0.05) is 5.56 Å². The van der Waals surface area contributed by atoms with Gasteiger partial charge >= 0.3 is 0 Å². The van der Waals surface area contributed by atoms with E-state index in [2.05, 4.69) is 19.2 Å². The number of carbonyl (C=O) groups excluding carboxylic acids is 1. The number of thiocarbonyl (C=S) groups is 1. The highest BCUT2D eigenvalue weighted by molar-refractivity contribution is 7.80. The maximum absolute atomic E-state index is 12.1. The fraction of sp³-hybridized carbons (Fsp3) is 0.600. The Bertz CT molecular complexity index is 485. The number of aryl methyl sites for hydroxylation is 1. The quantitative estimate of drug-likeness (QED) is 0.428. The molecule has 1 N–H and O–H groups in total. The minimum atomic E-state index is -0.203. The van der Waals surface area contributed by atoms with Gasteiger partial charge in [-0.1, -0.05) is 64.5 Å². The van der Waals surface area contributed by atoms with Crippen molar-refractivity contribution in [1.29, 1.82) is 0 Å². The second-order valence-corrected chi connectivity index (χ2v) is 6.53. The van der Waals surface area contributed by atoms with Crippen molar-refractivity contribution >= 4 is 23.3 Å². The second kappa shape index (κ2) is 12.9. The van der Waals surface area contributed by atoms with Gasteiger partial charge in [0.25, 0.3) is 11.1 Å². The number of ether oxygens (including phenoxy) is 1. The fourth-order valence-electron chi connectivity index (χ4n) is 2.47. The third-order valence-electron chi connectivity index (χ3n) is 3.98. The summed E-state index contributed by atoms with van der Waals surface area (Å²) in [6.45, 7) is 4.95. The smallest absolute Gasteiger partial charge is 0.263 e. The van der Waals surface area contributed by atoms with Crippen LogP contribution in [0, 0.1) is 0 Å². The summed E-state index contributed by atoms with van der Waals surface area (Å²) >= 11 is 5.06. The molecule has 0 aromatic heterocycles. The normalized spacial score (nSPS) is 10.4. The first kappa shape index (κ1) is 20.6. The van der Waals surface area contributed by atoms with Gasteiger partial charge in [-0.2, -0.15) is 0 Å². The minimum Gasteiger partial charge on any atom is -0.471 e. The molecule has 1 rings (SSSR count). The summed E-state index contributed by atoms with van der Waals surface area (Å²) in [5, 5.41) is 2.80. The Labute approximate surface area is 152 Å². The second-order valence-electron chi connectivity index (χ2n) is 6.16. The average Bonchev–Trinajstić information content (AvgIpc) is 2.59. The van der Waals surface area contributed by atoms with E-state index in [4.69, 9.17) is 17.0 Å². The monoisotopic (exact) mass is 349 g/mol. The maximum atomic E-state index is 12.1. The van der Waals surface area contributed by atoms with Crippen molar-refractivity contribution in [1.82, 2.24) is 5.32 Å². The van der Waals surface area contributed by atoms with E-state index in [1.807, 2.05) is 24.3 Å². The Balaban J connectivity index is 2.30. The van der Waals surface area contributed by atoms with Crippen LogP contribution >= 0.6 is 12.2 Å². The van der Waals surface area contributed by atoms with E-state index in [1.54, 1.807) is 0 Å². The number of rotatable bonds is 11. The lowest BCUT2D eigenvalue weighted by Gasteiger charge is -2.09. The number of amides is 1. The molecule has 4 heteroatoms. The van der Waals surface area contributed by atoms with E-state index in [-0.39, 0.29) is 11.1 Å². The average molecular weight is 350 g/mol. The summed E-state index contributed by atoms with van der Waals surface area (Å²) in [6, 6.07) is 7.76. The van der Waals surface area contributed by atoms with Gasteiger partial charge in [-0.15, -0.1) is 0 Å². The molecule has 0 atom stereocenters. The van der Waals surface area contributed by atoms with Gasteiger partial charge in [0.05, 0.1) is 6.61 Å². The molecule has 1 aromatic carbocycles. The predicted octanol–water partition coefficient (Wildman–Crippen LogP) is 5.42. The van der Waals surface area contributed by atoms with E-state index in [1.165, 1.54) is 44.1 Å². The van der Waals surface area contributed by atoms with Crippen molar-refractivity contribution in [2.24, 2.45) is 0 Å². The van der Waals surface area contributed by atoms with Crippen molar-refractivity contribution in [2.75, 3.05) is 6.61 Å². The molecule has 0 saturated heterocycles. The summed E-state index contributed by atoms with van der Waals surface area (Å²) in [6.07, 6.45) is 10.6. The lowest BCUT2D eigenvalue weighted by atomic mass is 10.0. The summed E-state index contributed by atoms with van der Waals surface area (Å²) in [5.41, 5.74) is 1.89. The molecule has 0 spiro atoms. The third-order valence-corrected chi connectivity index (χ3v) is 4.20. The van der Waals surface area contributed by atoms with Gasteiger partial charge in [-0.05, 0) is 49.2 Å². The molecule has 0 aliphatic heterocycles. The molecule has 1 amide bonds. The largest absolute Gasteiger partial charge is 0.471 e. The SMILES string of the molecule is CCCCCCOC(=S)NC(=O)c1ccc(CCCCCC)cc1. The summed E-state index contributed by atoms with van der Waals surface area (Å²) in [4.78, 5) is 12.1. The Hall–Kier alpha value is -1.42. The van der Waals surface area contributed by atoms with Crippen molar-refractivity contribution < 1.29 is 9.53 Å². The number of unbranched alkanes of at least 4 members (excludes halogenated alkanes) is 6. The zero-order chi connectivity index (χ0) is 17.6. The Morgan fingerprint density at radius 1 is 0.958 bits per heavy atom. The van der Waals surface area contributed by atoms with Crippen LogP contribution in [0.15, 0.2) is 24.3 Å². The van der Waals surface area contributed by atoms with Crippen LogP contribution in [0.1, 0.15) is 81.1 Å². The van der Waals surface area contributed by atoms with Crippen LogP contribution in [0.3, 0.4) is 0 Å². The van der Waals surface area contributed by atoms with Crippen molar-refractivity contribution in [3.8, 4) is 0 Å². The van der Waals surface area contributed by atoms with Crippen LogP contribution in [-0.2, 0) is 11.2 Å². The molecule has 0 saturated carbocycles. The number of hydrogen-bond acceptors (Lipinski definition) is 3. The first-order valence-corrected chi connectivity index (χ1v) is 9.65. The van der Waals surface area contributed by atoms with Crippen LogP contribution in [0.2, 0.25) is 0 Å². The Kier molecular flexibility index (Phi) is 11.1. The lowest BCUT2D eigenvalue weighted by molar-refractivity contribution is 0.0967. The number of hydrogen-bond donors (Lipinski definition) is 1. The van der Waals surface area contributed by atoms with Crippen LogP contribution in [0.25, 0.3) is 0 Å². The molecule has 0 radical (unpaired) electrons. The van der Waals surface area contributed by atoms with Crippen LogP contribution in [0.5, 0.6) is 0 Å². The molecule has 0 bridgehead atoms. The molecule has 0 aliphatic rings. The van der Waals surface area contributed by atoms with E-state index in [0.717, 1.165) is 19.3 Å². The maximum Gasteiger partial charge on any atom is 0.263 e. The number of carbonyl (C=O) groups is 1. The standard InChI is InChI=1S/C20H31NO2S/c1-3-5-7-9-11-17-12-14-18(15-13-17)19(22)21-20(24)23-16-10-8-6-4-2/h12-15H,3-11,16H2,1-2H3,(H,21,22,24). The third kappa shape index (κ3) is 9.02. The van der Waals surface area contributed by atoms with Gasteiger partial charge in [-0.3, -0.25) is 10.1 Å². The van der Waals surface area contributed by atoms with E-state index in [0.29, 0.717) is 12.2 Å². The predicted molar refractivity (Wildman–Crippen MR) is 104 cm³/mol. The van der Waals surface area contributed by atoms with E-state index in [9.17, 15) is 4.79 Å². The zero-order valence-electron chi connectivity index (χ0n) is 15.1. The van der Waals surface area contributed by atoms with Gasteiger partial charge in [0.15, 0.2) is 0 Å². The molecule has 0 unspecified atom stereocenters. The molecule has 0 fully saturated rings. The van der Waals surface area contributed by atoms with Gasteiger partial charge in [0.2, 0.25) is 0 Å². The van der Waals surface area contributed by atoms with Gasteiger partial charge in [-0.25, -0.2) is 0 Å². The molecule has 0 heterocycles. The first-order valence-electron chi connectivity index (χ1n) is 9.24. The van der Waals surface area contributed by atoms with Crippen molar-refractivity contribution in [2.45, 2.75) is 71.6 Å². The number of nitrogens with one attached hydrogen (secondary N) is 1. The topological polar surface area (TPSA) is 38.3 Å². The fourth-order valence-corrected chi connectivity index (χ4v) is 2.65. The van der Waals surface area contributed by atoms with Gasteiger partial charge < -0.3 is 4.74 Å². The van der Waals surface area contributed by atoms with E-state index >= 15 is 0 Å². The molecule has 1 aromatic rings. The van der Waals surface area contributed by atoms with Gasteiger partial charge in [0.1, 0.15) is 0 Å². The Morgan fingerprint density at radius 3 is 2.21 bits per heavy atom. The molecule has 3 nitrogen and oxygen atoms in total. The highest BCUT2D eigenvalue weighted by atomic mass is 32.1. The van der Waals surface area contributed by atoms with Crippen LogP contribution in [-0.4, -0.2) is 17.7 Å². The Morgan fingerprint density at radius 2 is 1.58 bits per heavy atom. The summed E-state index contributed by atoms with van der Waals surface area (Å²) in [5.74, 6) is -0.203. The van der Waals surface area contributed by atoms with Crippen molar-refractivity contribution in [3.05, 3.63) is 35.4 Å². The molecule has 134 valence electrons.